The molecule has 0 amide bonds. The summed E-state index contributed by atoms with van der Waals surface area (Å²) in [4.78, 5) is 0. The summed E-state index contributed by atoms with van der Waals surface area (Å²) in [6.07, 6.45) is 0. The van der Waals surface area contributed by atoms with Gasteiger partial charge in [0.05, 0.1) is 0 Å². The topological polar surface area (TPSA) is 12.0 Å². The molecule has 1 N–H and O–H groups in total. The summed E-state index contributed by atoms with van der Waals surface area (Å²) >= 11 is 0. The van der Waals surface area contributed by atoms with Gasteiger partial charge in [0.2, 0.25) is 0 Å². The van der Waals surface area contributed by atoms with Crippen LogP contribution in [0.15, 0.2) is 60.7 Å². The van der Waals surface area contributed by atoms with Crippen LogP contribution in [0.1, 0.15) is 12.6 Å². The number of hydrogen-bond donors (Lipinski definition) is 1. The van der Waals surface area contributed by atoms with Crippen LogP contribution in [0.25, 0.3) is 0 Å². The number of rotatable bonds is 4. The van der Waals surface area contributed by atoms with E-state index in [9.17, 15) is 0 Å². The van der Waals surface area contributed by atoms with Crippen molar-refractivity contribution in [1.82, 2.24) is 5.32 Å². The minimum Gasteiger partial charge on any atom is -1.00 e. The van der Waals surface area contributed by atoms with Gasteiger partial charge in [0.25, 0.3) is 0 Å². The Hall–Kier alpha value is -1.00. The molecule has 0 heterocycles. The first-order valence-electron chi connectivity index (χ1n) is 5.24. The number of nitrogens with one attached hydrogen (secondary N) is 1. The molecule has 0 fully saturated rings. The van der Waals surface area contributed by atoms with Gasteiger partial charge in [-0.1, -0.05) is 60.7 Å². The maximum Gasteiger partial charge on any atom is 1.00 e. The molecular formula is C14H16LiN. The van der Waals surface area contributed by atoms with Crippen molar-refractivity contribution in [3.8, 4) is 0 Å². The zero-order valence-electron chi connectivity index (χ0n) is 10.7. The third-order valence-corrected chi connectivity index (χ3v) is 2.34. The van der Waals surface area contributed by atoms with E-state index in [1.807, 2.05) is 12.1 Å². The van der Waals surface area contributed by atoms with Crippen LogP contribution in [-0.4, -0.2) is 0 Å². The van der Waals surface area contributed by atoms with Gasteiger partial charge < -0.3 is 6.74 Å². The predicted molar refractivity (Wildman–Crippen MR) is 64.5 cm³/mol. The van der Waals surface area contributed by atoms with Crippen molar-refractivity contribution in [3.05, 3.63) is 71.8 Å². The van der Waals surface area contributed by atoms with Gasteiger partial charge in [-0.25, -0.2) is 0 Å². The molecule has 0 unspecified atom stereocenters. The summed E-state index contributed by atoms with van der Waals surface area (Å²) in [6, 6.07) is 20.9. The Balaban J connectivity index is 0.00000128. The van der Waals surface area contributed by atoms with Crippen molar-refractivity contribution in [2.24, 2.45) is 0 Å². The largest absolute Gasteiger partial charge is 1.00 e. The second-order valence-corrected chi connectivity index (χ2v) is 3.57. The standard InChI is InChI=1S/C14H15N.Li.H/c1-3-7-13(8-4-1)11-15-12-14-9-5-2-6-10-14;;/h1-10,15H,11-12H2;;/q;+1;-1. The number of hydrogen-bond acceptors (Lipinski definition) is 1. The van der Waals surface area contributed by atoms with Crippen LogP contribution in [0.2, 0.25) is 0 Å². The summed E-state index contributed by atoms with van der Waals surface area (Å²) in [5.74, 6) is 0. The molecule has 0 aliphatic carbocycles. The van der Waals surface area contributed by atoms with E-state index >= 15 is 0 Å². The van der Waals surface area contributed by atoms with E-state index in [2.05, 4.69) is 53.8 Å². The molecule has 0 spiro atoms. The molecule has 2 aromatic rings. The van der Waals surface area contributed by atoms with E-state index in [0.717, 1.165) is 13.1 Å². The van der Waals surface area contributed by atoms with E-state index in [0.29, 0.717) is 0 Å². The zero-order chi connectivity index (χ0) is 10.3. The van der Waals surface area contributed by atoms with Gasteiger partial charge >= 0.3 is 18.9 Å². The van der Waals surface area contributed by atoms with Gasteiger partial charge in [-0.15, -0.1) is 0 Å². The SMILES string of the molecule is [H-].[Li+].c1ccc(CNCc2ccccc2)cc1. The first-order valence-corrected chi connectivity index (χ1v) is 5.24. The summed E-state index contributed by atoms with van der Waals surface area (Å²) in [6.45, 7) is 1.85. The molecule has 1 nitrogen and oxygen atoms in total. The first-order chi connectivity index (χ1) is 7.45. The Labute approximate surface area is 111 Å². The minimum absolute atomic E-state index is 0. The molecule has 0 aromatic heterocycles. The third kappa shape index (κ3) is 4.24. The van der Waals surface area contributed by atoms with Gasteiger partial charge in [0.15, 0.2) is 0 Å². The van der Waals surface area contributed by atoms with Crippen molar-refractivity contribution in [2.75, 3.05) is 0 Å². The van der Waals surface area contributed by atoms with Crippen LogP contribution in [-0.2, 0) is 13.1 Å². The fourth-order valence-electron chi connectivity index (χ4n) is 1.54. The first kappa shape index (κ1) is 13.1. The molecule has 0 saturated heterocycles. The van der Waals surface area contributed by atoms with E-state index in [1.54, 1.807) is 0 Å². The van der Waals surface area contributed by atoms with Crippen LogP contribution >= 0.6 is 0 Å². The molecule has 2 aromatic carbocycles. The Morgan fingerprint density at radius 2 is 1.06 bits per heavy atom. The van der Waals surface area contributed by atoms with E-state index < -0.39 is 0 Å². The molecule has 16 heavy (non-hydrogen) atoms. The quantitative estimate of drug-likeness (QED) is 0.698. The maximum atomic E-state index is 3.42. The molecule has 0 bridgehead atoms. The van der Waals surface area contributed by atoms with Crippen LogP contribution in [0.5, 0.6) is 0 Å². The van der Waals surface area contributed by atoms with Crippen LogP contribution in [0.3, 0.4) is 0 Å². The molecule has 0 aliphatic rings. The van der Waals surface area contributed by atoms with Crippen molar-refractivity contribution >= 4 is 0 Å². The van der Waals surface area contributed by atoms with Gasteiger partial charge in [-0.3, -0.25) is 0 Å². The van der Waals surface area contributed by atoms with Crippen molar-refractivity contribution in [3.63, 3.8) is 0 Å². The van der Waals surface area contributed by atoms with E-state index in [1.165, 1.54) is 11.1 Å². The molecule has 2 heteroatoms. The van der Waals surface area contributed by atoms with Crippen LogP contribution < -0.4 is 24.2 Å². The van der Waals surface area contributed by atoms with Crippen LogP contribution in [0.4, 0.5) is 0 Å². The smallest absolute Gasteiger partial charge is 1.00 e. The Morgan fingerprint density at radius 1 is 0.688 bits per heavy atom. The Kier molecular flexibility index (Phi) is 5.96. The number of benzene rings is 2. The average Bonchev–Trinajstić information content (AvgIpc) is 2.32. The van der Waals surface area contributed by atoms with Gasteiger partial charge in [-0.05, 0) is 11.1 Å². The van der Waals surface area contributed by atoms with Crippen molar-refractivity contribution in [2.45, 2.75) is 13.1 Å². The summed E-state index contributed by atoms with van der Waals surface area (Å²) in [7, 11) is 0. The summed E-state index contributed by atoms with van der Waals surface area (Å²) < 4.78 is 0. The van der Waals surface area contributed by atoms with E-state index in [-0.39, 0.29) is 20.3 Å². The monoisotopic (exact) mass is 205 g/mol. The molecule has 2 rings (SSSR count). The Bertz CT molecular complexity index is 352. The molecule has 0 atom stereocenters. The van der Waals surface area contributed by atoms with Gasteiger partial charge in [0.1, 0.15) is 0 Å². The zero-order valence-corrected chi connectivity index (χ0v) is 9.69. The molecule has 0 radical (unpaired) electrons. The second-order valence-electron chi connectivity index (χ2n) is 3.57. The fraction of sp³-hybridized carbons (Fsp3) is 0.143. The Morgan fingerprint density at radius 3 is 1.44 bits per heavy atom. The normalized spacial score (nSPS) is 9.50. The average molecular weight is 205 g/mol. The molecule has 0 aliphatic heterocycles. The second kappa shape index (κ2) is 7.30. The molecule has 78 valence electrons. The maximum absolute atomic E-state index is 3.42. The molecular weight excluding hydrogens is 189 g/mol. The van der Waals surface area contributed by atoms with Crippen molar-refractivity contribution < 1.29 is 20.3 Å². The summed E-state index contributed by atoms with van der Waals surface area (Å²) in [5, 5.41) is 3.42. The minimum atomic E-state index is 0. The third-order valence-electron chi connectivity index (χ3n) is 2.34. The van der Waals surface area contributed by atoms with Gasteiger partial charge in [-0.2, -0.15) is 0 Å². The predicted octanol–water partition coefficient (Wildman–Crippen LogP) is 0.0929. The fourth-order valence-corrected chi connectivity index (χ4v) is 1.54. The van der Waals surface area contributed by atoms with Crippen LogP contribution in [0, 0.1) is 0 Å². The molecule has 0 saturated carbocycles. The summed E-state index contributed by atoms with van der Waals surface area (Å²) in [5.41, 5.74) is 2.65. The van der Waals surface area contributed by atoms with E-state index in [4.69, 9.17) is 0 Å². The van der Waals surface area contributed by atoms with Crippen molar-refractivity contribution in [1.29, 1.82) is 0 Å². The van der Waals surface area contributed by atoms with Gasteiger partial charge in [0, 0.05) is 13.1 Å².